The number of methoxy groups -OCH3 is 1. The van der Waals surface area contributed by atoms with E-state index in [1.54, 1.807) is 24.3 Å². The highest BCUT2D eigenvalue weighted by Gasteiger charge is 2.34. The van der Waals surface area contributed by atoms with Crippen LogP contribution < -0.4 is 5.32 Å². The minimum atomic E-state index is -0.295. The standard InChI is InChI=1S/C14H20N2O4/c1-10(9-19-2)15-14(18)11-6-13(17)16(7-11)8-12-4-3-5-20-12/h3-5,10-11H,6-9H2,1-2H3,(H,15,18). The van der Waals surface area contributed by atoms with Crippen LogP contribution in [0.3, 0.4) is 0 Å². The van der Waals surface area contributed by atoms with Crippen LogP contribution in [-0.2, 0) is 20.9 Å². The monoisotopic (exact) mass is 280 g/mol. The first-order valence-corrected chi connectivity index (χ1v) is 6.69. The van der Waals surface area contributed by atoms with Crippen molar-refractivity contribution in [2.45, 2.75) is 25.9 Å². The summed E-state index contributed by atoms with van der Waals surface area (Å²) in [6.45, 7) is 3.19. The predicted octanol–water partition coefficient (Wildman–Crippen LogP) is 0.779. The van der Waals surface area contributed by atoms with Gasteiger partial charge in [0.1, 0.15) is 5.76 Å². The molecule has 1 aromatic heterocycles. The molecule has 110 valence electrons. The molecule has 2 atom stereocenters. The van der Waals surface area contributed by atoms with E-state index in [9.17, 15) is 9.59 Å². The van der Waals surface area contributed by atoms with Gasteiger partial charge in [0.2, 0.25) is 11.8 Å². The molecule has 1 aliphatic heterocycles. The van der Waals surface area contributed by atoms with Gasteiger partial charge in [-0.05, 0) is 19.1 Å². The average Bonchev–Trinajstić information content (AvgIpc) is 3.01. The topological polar surface area (TPSA) is 71.8 Å². The maximum Gasteiger partial charge on any atom is 0.225 e. The van der Waals surface area contributed by atoms with Crippen molar-refractivity contribution in [3.8, 4) is 0 Å². The Morgan fingerprint density at radius 2 is 2.45 bits per heavy atom. The van der Waals surface area contributed by atoms with Crippen LogP contribution in [0.25, 0.3) is 0 Å². The lowest BCUT2D eigenvalue weighted by atomic mass is 10.1. The summed E-state index contributed by atoms with van der Waals surface area (Å²) >= 11 is 0. The maximum atomic E-state index is 12.1. The van der Waals surface area contributed by atoms with E-state index in [1.165, 1.54) is 0 Å². The van der Waals surface area contributed by atoms with E-state index in [4.69, 9.17) is 9.15 Å². The summed E-state index contributed by atoms with van der Waals surface area (Å²) in [6, 6.07) is 3.55. The summed E-state index contributed by atoms with van der Waals surface area (Å²) in [5, 5.41) is 2.86. The summed E-state index contributed by atoms with van der Waals surface area (Å²) in [7, 11) is 1.59. The first-order valence-electron chi connectivity index (χ1n) is 6.69. The molecule has 0 bridgehead atoms. The number of rotatable bonds is 6. The fourth-order valence-electron chi connectivity index (χ4n) is 2.34. The highest BCUT2D eigenvalue weighted by molar-refractivity contribution is 5.89. The Bertz CT molecular complexity index is 458. The molecular weight excluding hydrogens is 260 g/mol. The fourth-order valence-corrected chi connectivity index (χ4v) is 2.34. The Kier molecular flexibility index (Phi) is 4.79. The van der Waals surface area contributed by atoms with Crippen molar-refractivity contribution in [1.82, 2.24) is 10.2 Å². The number of carbonyl (C=O) groups excluding carboxylic acids is 2. The minimum Gasteiger partial charge on any atom is -0.467 e. The van der Waals surface area contributed by atoms with E-state index in [-0.39, 0.29) is 30.2 Å². The first-order chi connectivity index (χ1) is 9.60. The molecule has 2 rings (SSSR count). The molecule has 0 aromatic carbocycles. The second kappa shape index (κ2) is 6.56. The number of hydrogen-bond acceptors (Lipinski definition) is 4. The van der Waals surface area contributed by atoms with Gasteiger partial charge in [-0.25, -0.2) is 0 Å². The molecule has 20 heavy (non-hydrogen) atoms. The van der Waals surface area contributed by atoms with Crippen molar-refractivity contribution in [1.29, 1.82) is 0 Å². The van der Waals surface area contributed by atoms with Gasteiger partial charge in [-0.2, -0.15) is 0 Å². The van der Waals surface area contributed by atoms with E-state index in [1.807, 2.05) is 13.0 Å². The molecule has 2 amide bonds. The number of nitrogens with zero attached hydrogens (tertiary/aromatic N) is 1. The summed E-state index contributed by atoms with van der Waals surface area (Å²) in [5.41, 5.74) is 0. The Balaban J connectivity index is 1.86. The average molecular weight is 280 g/mol. The van der Waals surface area contributed by atoms with Crippen molar-refractivity contribution in [2.24, 2.45) is 5.92 Å². The molecule has 1 saturated heterocycles. The van der Waals surface area contributed by atoms with E-state index >= 15 is 0 Å². The van der Waals surface area contributed by atoms with Crippen LogP contribution >= 0.6 is 0 Å². The Morgan fingerprint density at radius 3 is 3.10 bits per heavy atom. The molecule has 0 spiro atoms. The smallest absolute Gasteiger partial charge is 0.225 e. The van der Waals surface area contributed by atoms with Crippen LogP contribution in [-0.4, -0.2) is 43.0 Å². The predicted molar refractivity (Wildman–Crippen MR) is 71.7 cm³/mol. The number of furan rings is 1. The van der Waals surface area contributed by atoms with Gasteiger partial charge in [0.05, 0.1) is 25.3 Å². The van der Waals surface area contributed by atoms with Crippen LogP contribution in [0.1, 0.15) is 19.1 Å². The number of ether oxygens (including phenoxy) is 1. The number of amides is 2. The molecule has 1 aliphatic rings. The van der Waals surface area contributed by atoms with Gasteiger partial charge in [0.25, 0.3) is 0 Å². The van der Waals surface area contributed by atoms with Gasteiger partial charge < -0.3 is 19.4 Å². The third-order valence-corrected chi connectivity index (χ3v) is 3.32. The lowest BCUT2D eigenvalue weighted by Crippen LogP contribution is -2.40. The van der Waals surface area contributed by atoms with Gasteiger partial charge in [-0.3, -0.25) is 9.59 Å². The number of hydrogen-bond donors (Lipinski definition) is 1. The van der Waals surface area contributed by atoms with E-state index in [2.05, 4.69) is 5.32 Å². The van der Waals surface area contributed by atoms with E-state index < -0.39 is 0 Å². The minimum absolute atomic E-state index is 0.0130. The van der Waals surface area contributed by atoms with Gasteiger partial charge in [-0.1, -0.05) is 0 Å². The van der Waals surface area contributed by atoms with Crippen LogP contribution in [0.4, 0.5) is 0 Å². The zero-order valence-corrected chi connectivity index (χ0v) is 11.8. The molecule has 1 N–H and O–H groups in total. The summed E-state index contributed by atoms with van der Waals surface area (Å²) in [4.78, 5) is 25.6. The molecule has 6 heteroatoms. The highest BCUT2D eigenvalue weighted by atomic mass is 16.5. The van der Waals surface area contributed by atoms with Crippen LogP contribution in [0, 0.1) is 5.92 Å². The summed E-state index contributed by atoms with van der Waals surface area (Å²) in [5.74, 6) is 0.328. The Hall–Kier alpha value is -1.82. The van der Waals surface area contributed by atoms with Crippen LogP contribution in [0.5, 0.6) is 0 Å². The molecule has 0 aliphatic carbocycles. The van der Waals surface area contributed by atoms with Crippen molar-refractivity contribution < 1.29 is 18.7 Å². The molecule has 2 heterocycles. The van der Waals surface area contributed by atoms with Gasteiger partial charge in [0.15, 0.2) is 0 Å². The third kappa shape index (κ3) is 3.60. The summed E-state index contributed by atoms with van der Waals surface area (Å²) in [6.07, 6.45) is 1.83. The van der Waals surface area contributed by atoms with Crippen LogP contribution in [0.2, 0.25) is 0 Å². The van der Waals surface area contributed by atoms with Crippen molar-refractivity contribution in [3.05, 3.63) is 24.2 Å². The molecule has 1 aromatic rings. The van der Waals surface area contributed by atoms with E-state index in [0.717, 1.165) is 5.76 Å². The quantitative estimate of drug-likeness (QED) is 0.836. The molecule has 2 unspecified atom stereocenters. The maximum absolute atomic E-state index is 12.1. The van der Waals surface area contributed by atoms with Crippen molar-refractivity contribution in [2.75, 3.05) is 20.3 Å². The van der Waals surface area contributed by atoms with E-state index in [0.29, 0.717) is 19.7 Å². The number of carbonyl (C=O) groups is 2. The Morgan fingerprint density at radius 1 is 1.65 bits per heavy atom. The highest BCUT2D eigenvalue weighted by Crippen LogP contribution is 2.20. The fraction of sp³-hybridized carbons (Fsp3) is 0.571. The van der Waals surface area contributed by atoms with Crippen molar-refractivity contribution in [3.63, 3.8) is 0 Å². The lowest BCUT2D eigenvalue weighted by Gasteiger charge is -2.17. The normalized spacial score (nSPS) is 20.2. The largest absolute Gasteiger partial charge is 0.467 e. The van der Waals surface area contributed by atoms with Crippen LogP contribution in [0.15, 0.2) is 22.8 Å². The molecule has 6 nitrogen and oxygen atoms in total. The second-order valence-electron chi connectivity index (χ2n) is 5.12. The molecule has 0 radical (unpaired) electrons. The first kappa shape index (κ1) is 14.6. The number of likely N-dealkylation sites (tertiary alicyclic amines) is 1. The van der Waals surface area contributed by atoms with Gasteiger partial charge in [-0.15, -0.1) is 0 Å². The zero-order valence-electron chi connectivity index (χ0n) is 11.8. The van der Waals surface area contributed by atoms with Crippen molar-refractivity contribution >= 4 is 11.8 Å². The SMILES string of the molecule is COCC(C)NC(=O)C1CC(=O)N(Cc2ccco2)C1. The lowest BCUT2D eigenvalue weighted by molar-refractivity contribution is -0.129. The van der Waals surface area contributed by atoms with Gasteiger partial charge in [0, 0.05) is 26.1 Å². The molecular formula is C14H20N2O4. The third-order valence-electron chi connectivity index (χ3n) is 3.32. The molecule has 0 saturated carbocycles. The number of nitrogens with one attached hydrogen (secondary N) is 1. The molecule has 1 fully saturated rings. The Labute approximate surface area is 118 Å². The summed E-state index contributed by atoms with van der Waals surface area (Å²) < 4.78 is 10.2. The zero-order chi connectivity index (χ0) is 14.5. The second-order valence-corrected chi connectivity index (χ2v) is 5.12. The van der Waals surface area contributed by atoms with Gasteiger partial charge >= 0.3 is 0 Å².